The maximum absolute atomic E-state index is 12.0. The van der Waals surface area contributed by atoms with Crippen LogP contribution in [0.1, 0.15) is 12.8 Å². The molecule has 2 N–H and O–H groups in total. The average molecular weight is 255 g/mol. The molecule has 2 atom stereocenters. The van der Waals surface area contributed by atoms with Gasteiger partial charge in [0.1, 0.15) is 6.04 Å². The van der Waals surface area contributed by atoms with Crippen molar-refractivity contribution in [1.82, 2.24) is 5.32 Å². The van der Waals surface area contributed by atoms with Gasteiger partial charge < -0.3 is 15.2 Å². The van der Waals surface area contributed by atoms with Gasteiger partial charge in [0.2, 0.25) is 0 Å². The molecule has 1 rings (SSSR count). The van der Waals surface area contributed by atoms with Crippen LogP contribution in [0.3, 0.4) is 0 Å². The van der Waals surface area contributed by atoms with Crippen LogP contribution in [0.25, 0.3) is 0 Å². The summed E-state index contributed by atoms with van der Waals surface area (Å²) in [5, 5.41) is 10.2. The van der Waals surface area contributed by atoms with E-state index in [4.69, 9.17) is 9.84 Å². The van der Waals surface area contributed by atoms with Gasteiger partial charge in [-0.1, -0.05) is 0 Å². The van der Waals surface area contributed by atoms with Gasteiger partial charge in [-0.25, -0.2) is 4.79 Å². The lowest BCUT2D eigenvalue weighted by Gasteiger charge is -2.18. The molecular weight excluding hydrogens is 243 g/mol. The van der Waals surface area contributed by atoms with Crippen LogP contribution >= 0.6 is 0 Å². The number of carboxylic acids is 1. The Morgan fingerprint density at radius 1 is 1.47 bits per heavy atom. The number of carboxylic acid groups (broad SMARTS) is 1. The molecule has 0 spiro atoms. The number of amides is 1. The molecule has 1 heterocycles. The lowest BCUT2D eigenvalue weighted by atomic mass is 9.99. The fourth-order valence-corrected chi connectivity index (χ4v) is 1.56. The molecule has 98 valence electrons. The Morgan fingerprint density at radius 3 is 2.53 bits per heavy atom. The highest BCUT2D eigenvalue weighted by atomic mass is 19.4. The van der Waals surface area contributed by atoms with E-state index in [1.807, 2.05) is 0 Å². The number of hydrogen-bond donors (Lipinski definition) is 2. The Labute approximate surface area is 94.9 Å². The van der Waals surface area contributed by atoms with Crippen molar-refractivity contribution in [1.29, 1.82) is 0 Å². The molecule has 17 heavy (non-hydrogen) atoms. The van der Waals surface area contributed by atoms with Crippen molar-refractivity contribution in [3.05, 3.63) is 0 Å². The van der Waals surface area contributed by atoms with Crippen molar-refractivity contribution in [2.75, 3.05) is 13.2 Å². The highest BCUT2D eigenvalue weighted by Crippen LogP contribution is 2.20. The lowest BCUT2D eigenvalue weighted by molar-refractivity contribution is -0.175. The third-order valence-corrected chi connectivity index (χ3v) is 2.45. The molecule has 0 radical (unpaired) electrons. The fraction of sp³-hybridized carbons (Fsp3) is 0.778. The minimum Gasteiger partial charge on any atom is -0.480 e. The predicted octanol–water partition coefficient (Wildman–Crippen LogP) is 0.545. The topological polar surface area (TPSA) is 75.6 Å². The molecule has 1 unspecified atom stereocenters. The number of carbonyl (C=O) groups excluding carboxylic acids is 1. The van der Waals surface area contributed by atoms with Crippen LogP contribution < -0.4 is 5.32 Å². The molecule has 0 saturated carbocycles. The third-order valence-electron chi connectivity index (χ3n) is 2.45. The van der Waals surface area contributed by atoms with E-state index in [9.17, 15) is 22.8 Å². The zero-order chi connectivity index (χ0) is 13.1. The summed E-state index contributed by atoms with van der Waals surface area (Å²) in [6, 6.07) is -1.53. The van der Waals surface area contributed by atoms with Gasteiger partial charge in [-0.2, -0.15) is 13.2 Å². The highest BCUT2D eigenvalue weighted by Gasteiger charge is 2.41. The summed E-state index contributed by atoms with van der Waals surface area (Å²) in [5.74, 6) is -3.84. The van der Waals surface area contributed by atoms with Crippen LogP contribution in [-0.4, -0.2) is 42.4 Å². The van der Waals surface area contributed by atoms with Crippen LogP contribution in [0.5, 0.6) is 0 Å². The minimum atomic E-state index is -5.07. The summed E-state index contributed by atoms with van der Waals surface area (Å²) in [4.78, 5) is 21.3. The van der Waals surface area contributed by atoms with Crippen molar-refractivity contribution < 1.29 is 32.6 Å². The molecule has 1 fully saturated rings. The molecule has 0 aromatic rings. The van der Waals surface area contributed by atoms with Gasteiger partial charge in [0.15, 0.2) is 0 Å². The SMILES string of the molecule is O=C(O)[C@H](CC1CCOC1)NC(=O)C(F)(F)F. The summed E-state index contributed by atoms with van der Waals surface area (Å²) < 4.78 is 40.9. The van der Waals surface area contributed by atoms with Gasteiger partial charge in [-0.05, 0) is 18.8 Å². The molecule has 1 amide bonds. The highest BCUT2D eigenvalue weighted by molar-refractivity contribution is 5.86. The van der Waals surface area contributed by atoms with Gasteiger partial charge in [0, 0.05) is 13.2 Å². The van der Waals surface area contributed by atoms with Crippen LogP contribution in [-0.2, 0) is 14.3 Å². The molecule has 0 aromatic carbocycles. The van der Waals surface area contributed by atoms with E-state index in [2.05, 4.69) is 0 Å². The van der Waals surface area contributed by atoms with Gasteiger partial charge >= 0.3 is 18.1 Å². The first-order valence-electron chi connectivity index (χ1n) is 4.99. The quantitative estimate of drug-likeness (QED) is 0.769. The van der Waals surface area contributed by atoms with Gasteiger partial charge in [0.25, 0.3) is 0 Å². The molecule has 1 aliphatic heterocycles. The number of aliphatic carboxylic acids is 1. The zero-order valence-corrected chi connectivity index (χ0v) is 8.79. The van der Waals surface area contributed by atoms with E-state index in [1.54, 1.807) is 0 Å². The summed E-state index contributed by atoms with van der Waals surface area (Å²) in [7, 11) is 0. The fourth-order valence-electron chi connectivity index (χ4n) is 1.56. The van der Waals surface area contributed by atoms with Gasteiger partial charge in [0.05, 0.1) is 0 Å². The summed E-state index contributed by atoms with van der Waals surface area (Å²) in [6.07, 6.45) is -4.54. The molecular formula is C9H12F3NO4. The molecule has 5 nitrogen and oxygen atoms in total. The number of rotatable bonds is 4. The second-order valence-corrected chi connectivity index (χ2v) is 3.83. The van der Waals surface area contributed by atoms with E-state index in [0.717, 1.165) is 0 Å². The maximum Gasteiger partial charge on any atom is 0.471 e. The molecule has 0 aliphatic carbocycles. The largest absolute Gasteiger partial charge is 0.480 e. The van der Waals surface area contributed by atoms with Gasteiger partial charge in [-0.3, -0.25) is 4.79 Å². The van der Waals surface area contributed by atoms with Crippen molar-refractivity contribution in [3.63, 3.8) is 0 Å². The van der Waals surface area contributed by atoms with E-state index < -0.39 is 24.1 Å². The van der Waals surface area contributed by atoms with Crippen LogP contribution in [0.4, 0.5) is 13.2 Å². The number of carbonyl (C=O) groups is 2. The zero-order valence-electron chi connectivity index (χ0n) is 8.79. The Hall–Kier alpha value is -1.31. The molecule has 1 aliphatic rings. The molecule has 8 heteroatoms. The summed E-state index contributed by atoms with van der Waals surface area (Å²) in [6.45, 7) is 0.774. The van der Waals surface area contributed by atoms with Crippen LogP contribution in [0.2, 0.25) is 0 Å². The number of nitrogens with one attached hydrogen (secondary N) is 1. The van der Waals surface area contributed by atoms with E-state index in [-0.39, 0.29) is 12.3 Å². The number of alkyl halides is 3. The van der Waals surface area contributed by atoms with E-state index >= 15 is 0 Å². The van der Waals surface area contributed by atoms with E-state index in [0.29, 0.717) is 19.6 Å². The molecule has 0 bridgehead atoms. The van der Waals surface area contributed by atoms with Crippen molar-refractivity contribution >= 4 is 11.9 Å². The molecule has 1 saturated heterocycles. The predicted molar refractivity (Wildman–Crippen MR) is 49.2 cm³/mol. The number of ether oxygens (including phenoxy) is 1. The van der Waals surface area contributed by atoms with Crippen LogP contribution in [0.15, 0.2) is 0 Å². The monoisotopic (exact) mass is 255 g/mol. The standard InChI is InChI=1S/C9H12F3NO4/c10-9(11,12)8(16)13-6(7(14)15)3-5-1-2-17-4-5/h5-6H,1-4H2,(H,13,16)(H,14,15)/t5?,6-/m0/s1. The second kappa shape index (κ2) is 5.35. The van der Waals surface area contributed by atoms with Crippen molar-refractivity contribution in [2.45, 2.75) is 25.1 Å². The Bertz CT molecular complexity index is 299. The Morgan fingerprint density at radius 2 is 2.12 bits per heavy atom. The minimum absolute atomic E-state index is 0.0584. The first kappa shape index (κ1) is 13.8. The Kier molecular flexibility index (Phi) is 4.33. The number of hydrogen-bond acceptors (Lipinski definition) is 3. The smallest absolute Gasteiger partial charge is 0.471 e. The maximum atomic E-state index is 12.0. The first-order valence-corrected chi connectivity index (χ1v) is 4.99. The van der Waals surface area contributed by atoms with Crippen LogP contribution in [0, 0.1) is 5.92 Å². The lowest BCUT2D eigenvalue weighted by Crippen LogP contribution is -2.47. The summed E-state index contributed by atoms with van der Waals surface area (Å²) in [5.41, 5.74) is 0. The second-order valence-electron chi connectivity index (χ2n) is 3.83. The average Bonchev–Trinajstić information content (AvgIpc) is 2.67. The normalized spacial score (nSPS) is 22.2. The number of halogens is 3. The van der Waals surface area contributed by atoms with Crippen molar-refractivity contribution in [2.24, 2.45) is 5.92 Å². The van der Waals surface area contributed by atoms with Crippen molar-refractivity contribution in [3.8, 4) is 0 Å². The first-order chi connectivity index (χ1) is 7.80. The third kappa shape index (κ3) is 4.22. The van der Waals surface area contributed by atoms with Gasteiger partial charge in [-0.15, -0.1) is 0 Å². The van der Waals surface area contributed by atoms with E-state index in [1.165, 1.54) is 5.32 Å². The molecule has 0 aromatic heterocycles. The Balaban J connectivity index is 2.54. The summed E-state index contributed by atoms with van der Waals surface area (Å²) >= 11 is 0.